The van der Waals surface area contributed by atoms with Crippen molar-refractivity contribution < 1.29 is 4.79 Å². The smallest absolute Gasteiger partial charge is 0.274 e. The van der Waals surface area contributed by atoms with Crippen LogP contribution in [-0.4, -0.2) is 15.9 Å². The van der Waals surface area contributed by atoms with Gasteiger partial charge >= 0.3 is 0 Å². The Kier molecular flexibility index (Phi) is 4.95. The van der Waals surface area contributed by atoms with Gasteiger partial charge in [0.1, 0.15) is 5.69 Å². The Hall–Kier alpha value is -2.92. The number of amides is 1. The zero-order valence-corrected chi connectivity index (χ0v) is 14.6. The van der Waals surface area contributed by atoms with Gasteiger partial charge < -0.3 is 10.6 Å². The van der Waals surface area contributed by atoms with Gasteiger partial charge in [-0.05, 0) is 43.2 Å². The van der Waals surface area contributed by atoms with Gasteiger partial charge in [-0.15, -0.1) is 0 Å². The molecule has 1 aromatic heterocycles. The topological polar surface area (TPSA) is 66.9 Å². The molecule has 0 radical (unpaired) electrons. The normalized spacial score (nSPS) is 10.4. The first-order valence-corrected chi connectivity index (χ1v) is 8.14. The molecule has 0 atom stereocenters. The van der Waals surface area contributed by atoms with Crippen molar-refractivity contribution in [3.05, 3.63) is 76.6 Å². The van der Waals surface area contributed by atoms with Crippen molar-refractivity contribution in [3.8, 4) is 0 Å². The van der Waals surface area contributed by atoms with Crippen molar-refractivity contribution in [3.63, 3.8) is 0 Å². The zero-order chi connectivity index (χ0) is 17.8. The quantitative estimate of drug-likeness (QED) is 0.711. The van der Waals surface area contributed by atoms with E-state index in [9.17, 15) is 4.79 Å². The van der Waals surface area contributed by atoms with Crippen molar-refractivity contribution in [2.45, 2.75) is 13.8 Å². The molecule has 0 saturated carbocycles. The summed E-state index contributed by atoms with van der Waals surface area (Å²) in [6.07, 6.45) is 1.53. The minimum atomic E-state index is -0.290. The molecule has 0 fully saturated rings. The minimum absolute atomic E-state index is 0.271. The van der Waals surface area contributed by atoms with Crippen LogP contribution in [0.2, 0.25) is 5.02 Å². The number of rotatable bonds is 4. The SMILES string of the molecule is Cc1cccc(C)c1NC(=O)c1ccnc(Nc2ccccc2Cl)n1. The highest BCUT2D eigenvalue weighted by Crippen LogP contribution is 2.23. The molecule has 0 saturated heterocycles. The maximum absolute atomic E-state index is 12.5. The third-order valence-electron chi connectivity index (χ3n) is 3.73. The number of halogens is 1. The maximum Gasteiger partial charge on any atom is 0.274 e. The molecular weight excluding hydrogens is 336 g/mol. The Bertz CT molecular complexity index is 907. The van der Waals surface area contributed by atoms with Gasteiger partial charge in [-0.1, -0.05) is 41.9 Å². The van der Waals surface area contributed by atoms with Crippen molar-refractivity contribution in [1.82, 2.24) is 9.97 Å². The highest BCUT2D eigenvalue weighted by Gasteiger charge is 2.12. The molecule has 3 aromatic rings. The van der Waals surface area contributed by atoms with Gasteiger partial charge in [-0.3, -0.25) is 4.79 Å². The van der Waals surface area contributed by atoms with Crippen LogP contribution in [0.25, 0.3) is 0 Å². The Balaban J connectivity index is 1.81. The summed E-state index contributed by atoms with van der Waals surface area (Å²) in [7, 11) is 0. The number of carbonyl (C=O) groups is 1. The number of nitrogens with zero attached hydrogens (tertiary/aromatic N) is 2. The first-order valence-electron chi connectivity index (χ1n) is 7.77. The summed E-state index contributed by atoms with van der Waals surface area (Å²) in [4.78, 5) is 20.9. The lowest BCUT2D eigenvalue weighted by Crippen LogP contribution is -2.16. The largest absolute Gasteiger partial charge is 0.323 e. The van der Waals surface area contributed by atoms with Gasteiger partial charge in [0, 0.05) is 11.9 Å². The van der Waals surface area contributed by atoms with Crippen LogP contribution in [0.1, 0.15) is 21.6 Å². The monoisotopic (exact) mass is 352 g/mol. The molecule has 126 valence electrons. The summed E-state index contributed by atoms with van der Waals surface area (Å²) in [5, 5.41) is 6.49. The lowest BCUT2D eigenvalue weighted by Gasteiger charge is -2.12. The van der Waals surface area contributed by atoms with E-state index in [1.54, 1.807) is 12.1 Å². The molecule has 2 N–H and O–H groups in total. The number of benzene rings is 2. The second-order valence-corrected chi connectivity index (χ2v) is 6.00. The molecule has 1 amide bonds. The fourth-order valence-electron chi connectivity index (χ4n) is 2.42. The van der Waals surface area contributed by atoms with Gasteiger partial charge in [0.2, 0.25) is 5.95 Å². The van der Waals surface area contributed by atoms with Crippen LogP contribution >= 0.6 is 11.6 Å². The van der Waals surface area contributed by atoms with Gasteiger partial charge in [-0.25, -0.2) is 9.97 Å². The fraction of sp³-hybridized carbons (Fsp3) is 0.105. The molecule has 6 heteroatoms. The number of para-hydroxylation sites is 2. The maximum atomic E-state index is 12.5. The number of anilines is 3. The molecule has 5 nitrogen and oxygen atoms in total. The van der Waals surface area contributed by atoms with Crippen molar-refractivity contribution in [2.24, 2.45) is 0 Å². The Morgan fingerprint density at radius 3 is 2.44 bits per heavy atom. The van der Waals surface area contributed by atoms with Gasteiger partial charge in [-0.2, -0.15) is 0 Å². The van der Waals surface area contributed by atoms with Crippen LogP contribution in [0.5, 0.6) is 0 Å². The second kappa shape index (κ2) is 7.32. The third-order valence-corrected chi connectivity index (χ3v) is 4.06. The molecule has 3 rings (SSSR count). The van der Waals surface area contributed by atoms with Crippen LogP contribution < -0.4 is 10.6 Å². The van der Waals surface area contributed by atoms with Crippen molar-refractivity contribution in [1.29, 1.82) is 0 Å². The van der Waals surface area contributed by atoms with Crippen LogP contribution in [0.4, 0.5) is 17.3 Å². The van der Waals surface area contributed by atoms with E-state index >= 15 is 0 Å². The molecule has 0 unspecified atom stereocenters. The summed E-state index contributed by atoms with van der Waals surface area (Å²) in [6, 6.07) is 14.7. The third kappa shape index (κ3) is 3.95. The van der Waals surface area contributed by atoms with Crippen molar-refractivity contribution >= 4 is 34.8 Å². The predicted molar refractivity (Wildman–Crippen MR) is 101 cm³/mol. The summed E-state index contributed by atoms with van der Waals surface area (Å²) < 4.78 is 0. The first kappa shape index (κ1) is 16.9. The van der Waals surface area contributed by atoms with Gasteiger partial charge in [0.25, 0.3) is 5.91 Å². The Labute approximate surface area is 151 Å². The number of hydrogen-bond donors (Lipinski definition) is 2. The number of aromatic nitrogens is 2. The minimum Gasteiger partial charge on any atom is -0.323 e. The molecule has 25 heavy (non-hydrogen) atoms. The molecule has 1 heterocycles. The van der Waals surface area contributed by atoms with E-state index < -0.39 is 0 Å². The zero-order valence-electron chi connectivity index (χ0n) is 13.9. The average Bonchev–Trinajstić information content (AvgIpc) is 2.60. The molecule has 0 spiro atoms. The van der Waals surface area contributed by atoms with Crippen LogP contribution in [0.3, 0.4) is 0 Å². The Morgan fingerprint density at radius 2 is 1.72 bits per heavy atom. The lowest BCUT2D eigenvalue weighted by molar-refractivity contribution is 0.102. The second-order valence-electron chi connectivity index (χ2n) is 5.59. The highest BCUT2D eigenvalue weighted by molar-refractivity contribution is 6.33. The fourth-order valence-corrected chi connectivity index (χ4v) is 2.60. The first-order chi connectivity index (χ1) is 12.0. The van der Waals surface area contributed by atoms with E-state index in [1.165, 1.54) is 6.20 Å². The number of nitrogens with one attached hydrogen (secondary N) is 2. The summed E-state index contributed by atoms with van der Waals surface area (Å²) >= 11 is 6.12. The van der Waals surface area contributed by atoms with E-state index in [-0.39, 0.29) is 11.6 Å². The number of carbonyl (C=O) groups excluding carboxylic acids is 1. The molecular formula is C19H17ClN4O. The summed E-state index contributed by atoms with van der Waals surface area (Å²) in [6.45, 7) is 3.90. The van der Waals surface area contributed by atoms with Gasteiger partial charge in [0.15, 0.2) is 0 Å². The van der Waals surface area contributed by atoms with Crippen LogP contribution in [0, 0.1) is 13.8 Å². The summed E-state index contributed by atoms with van der Waals surface area (Å²) in [5.74, 6) is 0.0178. The van der Waals surface area contributed by atoms with E-state index in [4.69, 9.17) is 11.6 Å². The van der Waals surface area contributed by atoms with Gasteiger partial charge in [0.05, 0.1) is 10.7 Å². The number of hydrogen-bond acceptors (Lipinski definition) is 4. The average molecular weight is 353 g/mol. The molecule has 0 aliphatic heterocycles. The molecule has 0 aliphatic rings. The van der Waals surface area contributed by atoms with E-state index in [2.05, 4.69) is 20.6 Å². The van der Waals surface area contributed by atoms with Crippen molar-refractivity contribution in [2.75, 3.05) is 10.6 Å². The van der Waals surface area contributed by atoms with E-state index in [0.717, 1.165) is 16.8 Å². The standard InChI is InChI=1S/C19H17ClN4O/c1-12-6-5-7-13(2)17(12)24-18(25)16-10-11-21-19(23-16)22-15-9-4-3-8-14(15)20/h3-11H,1-2H3,(H,24,25)(H,21,22,23). The predicted octanol–water partition coefficient (Wildman–Crippen LogP) is 4.74. The van der Waals surface area contributed by atoms with Crippen LogP contribution in [0.15, 0.2) is 54.7 Å². The van der Waals surface area contributed by atoms with Crippen LogP contribution in [-0.2, 0) is 0 Å². The molecule has 0 aliphatic carbocycles. The van der Waals surface area contributed by atoms with E-state index in [1.807, 2.05) is 50.2 Å². The Morgan fingerprint density at radius 1 is 1.00 bits per heavy atom. The van der Waals surface area contributed by atoms with E-state index in [0.29, 0.717) is 16.7 Å². The number of aryl methyl sites for hydroxylation is 2. The lowest BCUT2D eigenvalue weighted by atomic mass is 10.1. The summed E-state index contributed by atoms with van der Waals surface area (Å²) in [5.41, 5.74) is 3.74. The molecule has 0 bridgehead atoms. The highest BCUT2D eigenvalue weighted by atomic mass is 35.5. The molecule has 2 aromatic carbocycles.